The lowest BCUT2D eigenvalue weighted by molar-refractivity contribution is 0.0938. The average Bonchev–Trinajstić information content (AvgIpc) is 2.47. The van der Waals surface area contributed by atoms with Gasteiger partial charge in [-0.3, -0.25) is 4.79 Å². The van der Waals surface area contributed by atoms with Crippen LogP contribution < -0.4 is 15.8 Å². The molecular formula is C16H18N2O2. The summed E-state index contributed by atoms with van der Waals surface area (Å²) in [5.74, 6) is 0.235. The lowest BCUT2D eigenvalue weighted by Crippen LogP contribution is -2.27. The molecule has 0 aliphatic rings. The number of methoxy groups -OCH3 is 1. The first-order valence-electron chi connectivity index (χ1n) is 6.41. The number of carbonyl (C=O) groups is 1. The molecule has 0 heterocycles. The molecule has 0 saturated heterocycles. The van der Waals surface area contributed by atoms with E-state index in [0.29, 0.717) is 17.0 Å². The van der Waals surface area contributed by atoms with E-state index in [2.05, 4.69) is 5.32 Å². The summed E-state index contributed by atoms with van der Waals surface area (Å²) in [7, 11) is 1.52. The predicted molar refractivity (Wildman–Crippen MR) is 79.7 cm³/mol. The van der Waals surface area contributed by atoms with Crippen molar-refractivity contribution in [3.05, 3.63) is 59.7 Å². The molecule has 0 aliphatic carbocycles. The molecule has 2 aromatic rings. The van der Waals surface area contributed by atoms with E-state index in [4.69, 9.17) is 10.5 Å². The van der Waals surface area contributed by atoms with Crippen LogP contribution in [0.4, 0.5) is 5.69 Å². The molecule has 0 radical (unpaired) electrons. The fourth-order valence-electron chi connectivity index (χ4n) is 2.06. The zero-order valence-electron chi connectivity index (χ0n) is 11.6. The van der Waals surface area contributed by atoms with E-state index in [-0.39, 0.29) is 11.9 Å². The van der Waals surface area contributed by atoms with Crippen molar-refractivity contribution in [2.75, 3.05) is 12.8 Å². The molecule has 4 heteroatoms. The first kappa shape index (κ1) is 13.9. The van der Waals surface area contributed by atoms with Crippen molar-refractivity contribution >= 4 is 11.6 Å². The maximum atomic E-state index is 12.4. The highest BCUT2D eigenvalue weighted by Crippen LogP contribution is 2.25. The summed E-state index contributed by atoms with van der Waals surface area (Å²) >= 11 is 0. The van der Waals surface area contributed by atoms with Crippen molar-refractivity contribution in [2.24, 2.45) is 0 Å². The summed E-state index contributed by atoms with van der Waals surface area (Å²) in [6, 6.07) is 14.8. The van der Waals surface area contributed by atoms with Crippen LogP contribution in [0.25, 0.3) is 0 Å². The fourth-order valence-corrected chi connectivity index (χ4v) is 2.06. The smallest absolute Gasteiger partial charge is 0.257 e. The van der Waals surface area contributed by atoms with Gasteiger partial charge in [0.25, 0.3) is 5.91 Å². The molecule has 0 bridgehead atoms. The van der Waals surface area contributed by atoms with Gasteiger partial charge in [-0.15, -0.1) is 0 Å². The number of carbonyl (C=O) groups excluding carboxylic acids is 1. The molecule has 0 saturated carbocycles. The third-order valence-corrected chi connectivity index (χ3v) is 3.15. The van der Waals surface area contributed by atoms with Crippen molar-refractivity contribution in [1.29, 1.82) is 0 Å². The first-order valence-corrected chi connectivity index (χ1v) is 6.41. The molecule has 4 nitrogen and oxygen atoms in total. The number of nitrogen functional groups attached to an aromatic ring is 1. The monoisotopic (exact) mass is 270 g/mol. The van der Waals surface area contributed by atoms with Gasteiger partial charge in [0.2, 0.25) is 0 Å². The van der Waals surface area contributed by atoms with Crippen LogP contribution in [0, 0.1) is 0 Å². The number of nitrogens with one attached hydrogen (secondary N) is 1. The van der Waals surface area contributed by atoms with Gasteiger partial charge in [0, 0.05) is 5.69 Å². The number of ether oxygens (including phenoxy) is 1. The van der Waals surface area contributed by atoms with Crippen LogP contribution in [0.2, 0.25) is 0 Å². The Morgan fingerprint density at radius 1 is 1.15 bits per heavy atom. The lowest BCUT2D eigenvalue weighted by atomic mass is 10.1. The Balaban J connectivity index is 2.21. The second-order valence-corrected chi connectivity index (χ2v) is 4.53. The van der Waals surface area contributed by atoms with Gasteiger partial charge in [-0.2, -0.15) is 0 Å². The molecule has 1 amide bonds. The Morgan fingerprint density at radius 2 is 1.85 bits per heavy atom. The summed E-state index contributed by atoms with van der Waals surface area (Å²) in [5, 5.41) is 2.93. The van der Waals surface area contributed by atoms with Gasteiger partial charge in [-0.05, 0) is 24.6 Å². The van der Waals surface area contributed by atoms with Crippen LogP contribution in [-0.4, -0.2) is 13.0 Å². The average molecular weight is 270 g/mol. The van der Waals surface area contributed by atoms with Crippen molar-refractivity contribution in [2.45, 2.75) is 13.0 Å². The van der Waals surface area contributed by atoms with Crippen molar-refractivity contribution in [3.63, 3.8) is 0 Å². The van der Waals surface area contributed by atoms with Crippen LogP contribution in [0.3, 0.4) is 0 Å². The first-order chi connectivity index (χ1) is 9.63. The third-order valence-electron chi connectivity index (χ3n) is 3.15. The van der Waals surface area contributed by atoms with Gasteiger partial charge in [0.1, 0.15) is 11.3 Å². The molecule has 0 fully saturated rings. The Kier molecular flexibility index (Phi) is 4.25. The molecule has 20 heavy (non-hydrogen) atoms. The minimum Gasteiger partial charge on any atom is -0.496 e. The van der Waals surface area contributed by atoms with Gasteiger partial charge in [-0.1, -0.05) is 36.4 Å². The highest BCUT2D eigenvalue weighted by molar-refractivity contribution is 6.02. The molecule has 0 unspecified atom stereocenters. The van der Waals surface area contributed by atoms with Gasteiger partial charge in [-0.25, -0.2) is 0 Å². The zero-order chi connectivity index (χ0) is 14.5. The van der Waals surface area contributed by atoms with E-state index in [1.807, 2.05) is 37.3 Å². The Morgan fingerprint density at radius 3 is 2.50 bits per heavy atom. The minimum absolute atomic E-state index is 0.104. The van der Waals surface area contributed by atoms with Crippen LogP contribution in [-0.2, 0) is 0 Å². The number of anilines is 1. The van der Waals surface area contributed by atoms with Crippen LogP contribution in [0.1, 0.15) is 28.9 Å². The van der Waals surface area contributed by atoms with E-state index in [1.54, 1.807) is 18.2 Å². The van der Waals surface area contributed by atoms with Crippen molar-refractivity contribution in [1.82, 2.24) is 5.32 Å². The number of benzene rings is 2. The summed E-state index contributed by atoms with van der Waals surface area (Å²) in [6.07, 6.45) is 0. The number of amides is 1. The topological polar surface area (TPSA) is 64.3 Å². The predicted octanol–water partition coefficient (Wildman–Crippen LogP) is 2.77. The maximum Gasteiger partial charge on any atom is 0.257 e. The van der Waals surface area contributed by atoms with Crippen molar-refractivity contribution in [3.8, 4) is 5.75 Å². The molecule has 0 aliphatic heterocycles. The van der Waals surface area contributed by atoms with E-state index >= 15 is 0 Å². The number of hydrogen-bond acceptors (Lipinski definition) is 3. The molecule has 1 atom stereocenters. The van der Waals surface area contributed by atoms with Crippen LogP contribution >= 0.6 is 0 Å². The van der Waals surface area contributed by atoms with E-state index in [1.165, 1.54) is 7.11 Å². The highest BCUT2D eigenvalue weighted by Gasteiger charge is 2.18. The molecule has 2 aromatic carbocycles. The Bertz CT molecular complexity index is 597. The molecule has 2 rings (SSSR count). The normalized spacial score (nSPS) is 11.7. The van der Waals surface area contributed by atoms with Crippen LogP contribution in [0.15, 0.2) is 48.5 Å². The van der Waals surface area contributed by atoms with Gasteiger partial charge >= 0.3 is 0 Å². The standard InChI is InChI=1S/C16H18N2O2/c1-11(12-7-4-3-5-8-12)18-16(19)15-13(17)9-6-10-14(15)20-2/h3-11H,17H2,1-2H3,(H,18,19)/t11-/m0/s1. The number of rotatable bonds is 4. The van der Waals surface area contributed by atoms with Gasteiger partial charge in [0.15, 0.2) is 0 Å². The van der Waals surface area contributed by atoms with Gasteiger partial charge < -0.3 is 15.8 Å². The summed E-state index contributed by atoms with van der Waals surface area (Å²) in [4.78, 5) is 12.4. The lowest BCUT2D eigenvalue weighted by Gasteiger charge is -2.16. The second kappa shape index (κ2) is 6.10. The Hall–Kier alpha value is -2.49. The van der Waals surface area contributed by atoms with Crippen molar-refractivity contribution < 1.29 is 9.53 Å². The summed E-state index contributed by atoms with van der Waals surface area (Å²) in [6.45, 7) is 1.93. The second-order valence-electron chi connectivity index (χ2n) is 4.53. The fraction of sp³-hybridized carbons (Fsp3) is 0.188. The maximum absolute atomic E-state index is 12.4. The summed E-state index contributed by atoms with van der Waals surface area (Å²) in [5.41, 5.74) is 7.69. The van der Waals surface area contributed by atoms with Crippen LogP contribution in [0.5, 0.6) is 5.75 Å². The molecule has 0 aromatic heterocycles. The van der Waals surface area contributed by atoms with Gasteiger partial charge in [0.05, 0.1) is 13.2 Å². The number of nitrogens with two attached hydrogens (primary N) is 1. The molecule has 3 N–H and O–H groups in total. The quantitative estimate of drug-likeness (QED) is 0.840. The molecule has 0 spiro atoms. The zero-order valence-corrected chi connectivity index (χ0v) is 11.6. The van der Waals surface area contributed by atoms with E-state index < -0.39 is 0 Å². The minimum atomic E-state index is -0.240. The molecule has 104 valence electrons. The largest absolute Gasteiger partial charge is 0.496 e. The third kappa shape index (κ3) is 2.91. The van der Waals surface area contributed by atoms with E-state index in [0.717, 1.165) is 5.56 Å². The summed E-state index contributed by atoms with van der Waals surface area (Å²) < 4.78 is 5.19. The number of hydrogen-bond donors (Lipinski definition) is 2. The Labute approximate surface area is 118 Å². The van der Waals surface area contributed by atoms with E-state index in [9.17, 15) is 4.79 Å². The highest BCUT2D eigenvalue weighted by atomic mass is 16.5. The molecular weight excluding hydrogens is 252 g/mol. The SMILES string of the molecule is COc1cccc(N)c1C(=O)N[C@@H](C)c1ccccc1.